The Morgan fingerprint density at radius 1 is 1.33 bits per heavy atom. The third-order valence-electron chi connectivity index (χ3n) is 3.39. The first-order chi connectivity index (χ1) is 8.58. The van der Waals surface area contributed by atoms with Crippen LogP contribution in [0.4, 0.5) is 0 Å². The lowest BCUT2D eigenvalue weighted by Crippen LogP contribution is -2.34. The first-order valence-corrected chi connectivity index (χ1v) is 7.14. The van der Waals surface area contributed by atoms with E-state index in [9.17, 15) is 9.90 Å². The van der Waals surface area contributed by atoms with Gasteiger partial charge in [0.2, 0.25) is 5.91 Å². The Kier molecular flexibility index (Phi) is 7.28. The van der Waals surface area contributed by atoms with E-state index in [0.29, 0.717) is 18.9 Å². The van der Waals surface area contributed by atoms with Crippen LogP contribution in [-0.4, -0.2) is 36.4 Å². The molecule has 18 heavy (non-hydrogen) atoms. The van der Waals surface area contributed by atoms with Gasteiger partial charge in [0.1, 0.15) is 6.61 Å². The summed E-state index contributed by atoms with van der Waals surface area (Å²) in [6, 6.07) is 0. The number of hydrogen-bond acceptors (Lipinski definition) is 3. The lowest BCUT2D eigenvalue weighted by atomic mass is 9.98. The lowest BCUT2D eigenvalue weighted by Gasteiger charge is -2.22. The van der Waals surface area contributed by atoms with Gasteiger partial charge in [0, 0.05) is 6.54 Å². The van der Waals surface area contributed by atoms with E-state index in [1.54, 1.807) is 6.92 Å². The number of carbonyl (C=O) groups excluding carboxylic acids is 1. The highest BCUT2D eigenvalue weighted by Crippen LogP contribution is 2.19. The highest BCUT2D eigenvalue weighted by Gasteiger charge is 2.15. The van der Waals surface area contributed by atoms with Crippen molar-refractivity contribution < 1.29 is 14.6 Å². The first-order valence-electron chi connectivity index (χ1n) is 7.14. The number of ether oxygens (including phenoxy) is 1. The van der Waals surface area contributed by atoms with Crippen molar-refractivity contribution in [3.8, 4) is 0 Å². The molecule has 1 saturated carbocycles. The van der Waals surface area contributed by atoms with Crippen molar-refractivity contribution in [2.75, 3.05) is 13.2 Å². The van der Waals surface area contributed by atoms with Crippen LogP contribution in [0.1, 0.15) is 52.4 Å². The van der Waals surface area contributed by atoms with Gasteiger partial charge in [-0.1, -0.05) is 26.2 Å². The lowest BCUT2D eigenvalue weighted by molar-refractivity contribution is -0.128. The zero-order valence-electron chi connectivity index (χ0n) is 11.7. The molecule has 106 valence electrons. The largest absolute Gasteiger partial charge is 0.393 e. The average Bonchev–Trinajstić information content (AvgIpc) is 2.34. The minimum Gasteiger partial charge on any atom is -0.393 e. The highest BCUT2D eigenvalue weighted by molar-refractivity contribution is 5.77. The molecule has 2 unspecified atom stereocenters. The Morgan fingerprint density at radius 3 is 2.61 bits per heavy atom. The molecule has 0 spiro atoms. The number of nitrogens with one attached hydrogen (secondary N) is 1. The molecule has 1 fully saturated rings. The monoisotopic (exact) mass is 257 g/mol. The number of carbonyl (C=O) groups is 1. The van der Waals surface area contributed by atoms with Crippen molar-refractivity contribution in [1.29, 1.82) is 0 Å². The minimum absolute atomic E-state index is 0.0435. The van der Waals surface area contributed by atoms with Crippen LogP contribution in [0.2, 0.25) is 0 Å². The molecule has 0 bridgehead atoms. The summed E-state index contributed by atoms with van der Waals surface area (Å²) in [6.45, 7) is 4.57. The fraction of sp³-hybridized carbons (Fsp3) is 0.929. The number of rotatable bonds is 7. The molecule has 0 aliphatic heterocycles. The summed E-state index contributed by atoms with van der Waals surface area (Å²) in [5.74, 6) is 0.252. The van der Waals surface area contributed by atoms with Gasteiger partial charge < -0.3 is 15.2 Å². The molecule has 0 aromatic rings. The molecule has 4 heteroatoms. The van der Waals surface area contributed by atoms with E-state index in [1.165, 1.54) is 19.3 Å². The van der Waals surface area contributed by atoms with Gasteiger partial charge in [0.05, 0.1) is 12.2 Å². The summed E-state index contributed by atoms with van der Waals surface area (Å²) >= 11 is 0. The predicted octanol–water partition coefficient (Wildman–Crippen LogP) is 1.86. The first kappa shape index (κ1) is 15.4. The molecule has 1 aliphatic carbocycles. The average molecular weight is 257 g/mol. The van der Waals surface area contributed by atoms with Crippen molar-refractivity contribution in [3.63, 3.8) is 0 Å². The second-order valence-corrected chi connectivity index (χ2v) is 5.56. The third-order valence-corrected chi connectivity index (χ3v) is 3.39. The molecular weight excluding hydrogens is 230 g/mol. The molecule has 0 radical (unpaired) electrons. The maximum atomic E-state index is 11.6. The molecule has 4 nitrogen and oxygen atoms in total. The van der Waals surface area contributed by atoms with Crippen molar-refractivity contribution in [1.82, 2.24) is 5.32 Å². The van der Waals surface area contributed by atoms with Gasteiger partial charge >= 0.3 is 0 Å². The Morgan fingerprint density at radius 2 is 2.00 bits per heavy atom. The second kappa shape index (κ2) is 8.48. The number of aliphatic hydroxyl groups excluding tert-OH is 1. The van der Waals surface area contributed by atoms with Crippen LogP contribution in [-0.2, 0) is 9.53 Å². The number of hydrogen-bond donors (Lipinski definition) is 2. The van der Waals surface area contributed by atoms with Gasteiger partial charge in [0.15, 0.2) is 0 Å². The van der Waals surface area contributed by atoms with E-state index in [2.05, 4.69) is 5.32 Å². The normalized spacial score (nSPS) is 20.4. The minimum atomic E-state index is -0.310. The van der Waals surface area contributed by atoms with Crippen molar-refractivity contribution in [3.05, 3.63) is 0 Å². The predicted molar refractivity (Wildman–Crippen MR) is 71.3 cm³/mol. The zero-order valence-corrected chi connectivity index (χ0v) is 11.7. The Bertz CT molecular complexity index is 237. The van der Waals surface area contributed by atoms with Crippen molar-refractivity contribution in [2.45, 2.75) is 64.6 Å². The third kappa shape index (κ3) is 6.97. The summed E-state index contributed by atoms with van der Waals surface area (Å²) in [5, 5.41) is 12.1. The van der Waals surface area contributed by atoms with E-state index < -0.39 is 0 Å². The van der Waals surface area contributed by atoms with Crippen LogP contribution < -0.4 is 5.32 Å². The van der Waals surface area contributed by atoms with Crippen LogP contribution >= 0.6 is 0 Å². The molecule has 1 rings (SSSR count). The Hall–Kier alpha value is -0.610. The quantitative estimate of drug-likeness (QED) is 0.732. The van der Waals surface area contributed by atoms with Crippen LogP contribution in [0.25, 0.3) is 0 Å². The van der Waals surface area contributed by atoms with Crippen LogP contribution in [0.15, 0.2) is 0 Å². The highest BCUT2D eigenvalue weighted by atomic mass is 16.5. The van der Waals surface area contributed by atoms with Gasteiger partial charge in [-0.15, -0.1) is 0 Å². The van der Waals surface area contributed by atoms with Crippen molar-refractivity contribution >= 4 is 5.91 Å². The van der Waals surface area contributed by atoms with E-state index in [4.69, 9.17) is 4.74 Å². The summed E-state index contributed by atoms with van der Waals surface area (Å²) < 4.78 is 5.60. The van der Waals surface area contributed by atoms with Crippen LogP contribution in [0, 0.1) is 5.92 Å². The maximum Gasteiger partial charge on any atom is 0.246 e. The summed E-state index contributed by atoms with van der Waals surface area (Å²) in [7, 11) is 0. The van der Waals surface area contributed by atoms with Gasteiger partial charge in [-0.05, 0) is 32.1 Å². The molecule has 2 N–H and O–H groups in total. The van der Waals surface area contributed by atoms with Crippen LogP contribution in [0.3, 0.4) is 0 Å². The molecule has 0 aromatic heterocycles. The molecular formula is C14H27NO3. The fourth-order valence-electron chi connectivity index (χ4n) is 2.43. The van der Waals surface area contributed by atoms with Gasteiger partial charge in [0.25, 0.3) is 0 Å². The zero-order chi connectivity index (χ0) is 13.4. The number of aliphatic hydroxyl groups is 1. The molecule has 2 atom stereocenters. The fourth-order valence-corrected chi connectivity index (χ4v) is 2.43. The maximum absolute atomic E-state index is 11.6. The molecule has 1 amide bonds. The molecule has 0 heterocycles. The molecule has 0 saturated heterocycles. The summed E-state index contributed by atoms with van der Waals surface area (Å²) in [4.78, 5) is 11.6. The summed E-state index contributed by atoms with van der Waals surface area (Å²) in [5.41, 5.74) is 0. The van der Waals surface area contributed by atoms with Crippen LogP contribution in [0.5, 0.6) is 0 Å². The molecule has 0 aromatic carbocycles. The van der Waals surface area contributed by atoms with E-state index in [1.807, 2.05) is 6.92 Å². The SMILES string of the molecule is CC(O)CC(C)CNC(=O)COC1CCCCC1. The Balaban J connectivity index is 2.06. The topological polar surface area (TPSA) is 58.6 Å². The van der Waals surface area contributed by atoms with E-state index >= 15 is 0 Å². The standard InChI is InChI=1S/C14H27NO3/c1-11(8-12(2)16)9-15-14(17)10-18-13-6-4-3-5-7-13/h11-13,16H,3-10H2,1-2H3,(H,15,17). The van der Waals surface area contributed by atoms with Gasteiger partial charge in [-0.2, -0.15) is 0 Å². The second-order valence-electron chi connectivity index (χ2n) is 5.56. The van der Waals surface area contributed by atoms with E-state index in [-0.39, 0.29) is 24.7 Å². The van der Waals surface area contributed by atoms with Crippen molar-refractivity contribution in [2.24, 2.45) is 5.92 Å². The summed E-state index contributed by atoms with van der Waals surface area (Å²) in [6.07, 6.45) is 6.59. The number of amides is 1. The smallest absolute Gasteiger partial charge is 0.246 e. The van der Waals surface area contributed by atoms with Gasteiger partial charge in [-0.3, -0.25) is 4.79 Å². The molecule has 1 aliphatic rings. The van der Waals surface area contributed by atoms with E-state index in [0.717, 1.165) is 12.8 Å². The Labute approximate surface area is 110 Å². The van der Waals surface area contributed by atoms with Gasteiger partial charge in [-0.25, -0.2) is 0 Å².